The van der Waals surface area contributed by atoms with E-state index in [-0.39, 0.29) is 5.91 Å². The zero-order valence-corrected chi connectivity index (χ0v) is 15.7. The van der Waals surface area contributed by atoms with E-state index in [1.165, 1.54) is 16.2 Å². The molecule has 0 spiro atoms. The fourth-order valence-corrected chi connectivity index (χ4v) is 3.78. The number of nitrogens with one attached hydrogen (secondary N) is 1. The lowest BCUT2D eigenvalue weighted by Gasteiger charge is -2.23. The van der Waals surface area contributed by atoms with Gasteiger partial charge in [0.15, 0.2) is 4.84 Å². The first-order valence-corrected chi connectivity index (χ1v) is 9.44. The van der Waals surface area contributed by atoms with E-state index in [1.807, 2.05) is 31.2 Å². The van der Waals surface area contributed by atoms with Gasteiger partial charge >= 0.3 is 0 Å². The van der Waals surface area contributed by atoms with E-state index in [4.69, 9.17) is 23.2 Å². The van der Waals surface area contributed by atoms with Gasteiger partial charge < -0.3 is 4.90 Å². The molecule has 1 aromatic heterocycles. The number of benzene rings is 1. The van der Waals surface area contributed by atoms with Gasteiger partial charge in [0.05, 0.1) is 0 Å². The number of hydrogen-bond donors (Lipinski definition) is 1. The summed E-state index contributed by atoms with van der Waals surface area (Å²) in [6, 6.07) is 7.31. The molecule has 2 heterocycles. The van der Waals surface area contributed by atoms with Gasteiger partial charge in [-0.1, -0.05) is 58.3 Å². The lowest BCUT2D eigenvalue weighted by Crippen LogP contribution is -2.45. The van der Waals surface area contributed by atoms with E-state index >= 15 is 0 Å². The predicted molar refractivity (Wildman–Crippen MR) is 98.9 cm³/mol. The quantitative estimate of drug-likeness (QED) is 0.801. The number of halogens is 2. The molecule has 0 radical (unpaired) electrons. The molecule has 0 saturated carbocycles. The van der Waals surface area contributed by atoms with Crippen LogP contribution in [0.5, 0.6) is 0 Å². The Bertz CT molecular complexity index is 796. The molecular weight excluding hydrogens is 383 g/mol. The molecule has 1 N–H and O–H groups in total. The summed E-state index contributed by atoms with van der Waals surface area (Å²) in [5.41, 5.74) is 2.07. The molecule has 1 aliphatic heterocycles. The van der Waals surface area contributed by atoms with Crippen LogP contribution in [0.4, 0.5) is 5.13 Å². The standard InChI is InChI=1S/C16H16Cl2N4O2S/c1-9-4-2-5-10(8-9)14-20-21-16(25-14)19-13(23)11-6-3-7-22(11)15(24)12(17)18/h2,4-5,8,11-12H,3,6-7H2,1H3,(H,19,21,23). The third kappa shape index (κ3) is 4.11. The van der Waals surface area contributed by atoms with Crippen LogP contribution in [0.1, 0.15) is 18.4 Å². The number of carbonyl (C=O) groups excluding carboxylic acids is 2. The van der Waals surface area contributed by atoms with E-state index in [1.54, 1.807) is 0 Å². The molecule has 1 fully saturated rings. The fourth-order valence-electron chi connectivity index (χ4n) is 2.79. The fraction of sp³-hybridized carbons (Fsp3) is 0.375. The van der Waals surface area contributed by atoms with Crippen LogP contribution in [0, 0.1) is 6.92 Å². The van der Waals surface area contributed by atoms with Crippen LogP contribution in [-0.2, 0) is 9.59 Å². The summed E-state index contributed by atoms with van der Waals surface area (Å²) in [6.45, 7) is 2.47. The van der Waals surface area contributed by atoms with Gasteiger partial charge in [-0.15, -0.1) is 10.2 Å². The highest BCUT2D eigenvalue weighted by Crippen LogP contribution is 2.28. The molecule has 132 valence electrons. The van der Waals surface area contributed by atoms with Crippen molar-refractivity contribution < 1.29 is 9.59 Å². The number of aromatic nitrogens is 2. The summed E-state index contributed by atoms with van der Waals surface area (Å²) in [4.78, 5) is 24.7. The van der Waals surface area contributed by atoms with E-state index in [9.17, 15) is 9.59 Å². The highest BCUT2D eigenvalue weighted by molar-refractivity contribution is 7.18. The van der Waals surface area contributed by atoms with Gasteiger partial charge in [-0.2, -0.15) is 0 Å². The first kappa shape index (κ1) is 18.1. The number of alkyl halides is 2. The minimum Gasteiger partial charge on any atom is -0.328 e. The van der Waals surface area contributed by atoms with Gasteiger partial charge in [-0.25, -0.2) is 0 Å². The maximum atomic E-state index is 12.5. The molecule has 1 unspecified atom stereocenters. The third-order valence-electron chi connectivity index (χ3n) is 3.95. The highest BCUT2D eigenvalue weighted by Gasteiger charge is 2.36. The Labute approximate surface area is 159 Å². The normalized spacial score (nSPS) is 17.1. The zero-order valence-electron chi connectivity index (χ0n) is 13.4. The number of carbonyl (C=O) groups is 2. The maximum Gasteiger partial charge on any atom is 0.256 e. The van der Waals surface area contributed by atoms with Crippen molar-refractivity contribution in [3.8, 4) is 10.6 Å². The second kappa shape index (κ2) is 7.68. The van der Waals surface area contributed by atoms with Crippen molar-refractivity contribution in [3.63, 3.8) is 0 Å². The molecule has 1 aromatic carbocycles. The molecule has 1 saturated heterocycles. The van der Waals surface area contributed by atoms with Crippen molar-refractivity contribution in [2.24, 2.45) is 0 Å². The minimum absolute atomic E-state index is 0.299. The Hall–Kier alpha value is -1.70. The lowest BCUT2D eigenvalue weighted by molar-refractivity contribution is -0.135. The first-order chi connectivity index (χ1) is 12.0. The third-order valence-corrected chi connectivity index (χ3v) is 5.21. The molecule has 6 nitrogen and oxygen atoms in total. The van der Waals surface area contributed by atoms with Gasteiger partial charge in [0.1, 0.15) is 11.0 Å². The summed E-state index contributed by atoms with van der Waals surface area (Å²) in [5, 5.41) is 12.0. The van der Waals surface area contributed by atoms with Crippen LogP contribution in [0.25, 0.3) is 10.6 Å². The average Bonchev–Trinajstić information content (AvgIpc) is 3.23. The maximum absolute atomic E-state index is 12.5. The molecule has 0 aliphatic carbocycles. The Morgan fingerprint density at radius 2 is 2.16 bits per heavy atom. The van der Waals surface area contributed by atoms with Crippen molar-refractivity contribution in [3.05, 3.63) is 29.8 Å². The Kier molecular flexibility index (Phi) is 5.56. The number of anilines is 1. The Morgan fingerprint density at radius 1 is 1.36 bits per heavy atom. The number of rotatable bonds is 4. The molecular formula is C16H16Cl2N4O2S. The first-order valence-electron chi connectivity index (χ1n) is 7.76. The van der Waals surface area contributed by atoms with Crippen molar-refractivity contribution >= 4 is 51.5 Å². The van der Waals surface area contributed by atoms with Crippen LogP contribution in [0.15, 0.2) is 24.3 Å². The van der Waals surface area contributed by atoms with Crippen LogP contribution in [0.2, 0.25) is 0 Å². The summed E-state index contributed by atoms with van der Waals surface area (Å²) < 4.78 is 0. The molecule has 0 bridgehead atoms. The Morgan fingerprint density at radius 3 is 2.88 bits per heavy atom. The molecule has 9 heteroatoms. The second-order valence-corrected chi connectivity index (χ2v) is 7.84. The molecule has 25 heavy (non-hydrogen) atoms. The molecule has 3 rings (SSSR count). The van der Waals surface area contributed by atoms with Gasteiger partial charge in [0, 0.05) is 12.1 Å². The second-order valence-electron chi connectivity index (χ2n) is 5.76. The van der Waals surface area contributed by atoms with E-state index in [2.05, 4.69) is 15.5 Å². The summed E-state index contributed by atoms with van der Waals surface area (Å²) in [6.07, 6.45) is 1.30. The van der Waals surface area contributed by atoms with Crippen LogP contribution >= 0.6 is 34.5 Å². The summed E-state index contributed by atoms with van der Waals surface area (Å²) in [5.74, 6) is -0.745. The van der Waals surface area contributed by atoms with Gasteiger partial charge in [-0.05, 0) is 25.8 Å². The molecule has 2 amide bonds. The smallest absolute Gasteiger partial charge is 0.256 e. The van der Waals surface area contributed by atoms with Crippen molar-refractivity contribution in [1.29, 1.82) is 0 Å². The van der Waals surface area contributed by atoms with Crippen LogP contribution in [0.3, 0.4) is 0 Å². The zero-order chi connectivity index (χ0) is 18.0. The van der Waals surface area contributed by atoms with E-state index in [0.29, 0.717) is 18.1 Å². The largest absolute Gasteiger partial charge is 0.328 e. The molecule has 1 atom stereocenters. The summed E-state index contributed by atoms with van der Waals surface area (Å²) >= 11 is 12.6. The van der Waals surface area contributed by atoms with Gasteiger partial charge in [0.2, 0.25) is 11.0 Å². The van der Waals surface area contributed by atoms with Crippen LogP contribution < -0.4 is 5.32 Å². The Balaban J connectivity index is 1.70. The highest BCUT2D eigenvalue weighted by atomic mass is 35.5. The van der Waals surface area contributed by atoms with E-state index < -0.39 is 16.8 Å². The number of likely N-dealkylation sites (tertiary alicyclic amines) is 1. The topological polar surface area (TPSA) is 75.2 Å². The van der Waals surface area contributed by atoms with Crippen molar-refractivity contribution in [1.82, 2.24) is 15.1 Å². The SMILES string of the molecule is Cc1cccc(-c2nnc(NC(=O)C3CCCN3C(=O)C(Cl)Cl)s2)c1. The lowest BCUT2D eigenvalue weighted by atomic mass is 10.1. The number of hydrogen-bond acceptors (Lipinski definition) is 5. The van der Waals surface area contributed by atoms with Crippen LogP contribution in [-0.4, -0.2) is 44.3 Å². The predicted octanol–water partition coefficient (Wildman–Crippen LogP) is 3.25. The van der Waals surface area contributed by atoms with Crippen molar-refractivity contribution in [2.75, 3.05) is 11.9 Å². The number of amides is 2. The average molecular weight is 399 g/mol. The number of aryl methyl sites for hydroxylation is 1. The van der Waals surface area contributed by atoms with E-state index in [0.717, 1.165) is 22.6 Å². The minimum atomic E-state index is -1.16. The van der Waals surface area contributed by atoms with Gasteiger partial charge in [-0.3, -0.25) is 14.9 Å². The monoisotopic (exact) mass is 398 g/mol. The summed E-state index contributed by atoms with van der Waals surface area (Å²) in [7, 11) is 0. The number of nitrogens with zero attached hydrogens (tertiary/aromatic N) is 3. The molecule has 1 aliphatic rings. The molecule has 2 aromatic rings. The van der Waals surface area contributed by atoms with Gasteiger partial charge in [0.25, 0.3) is 5.91 Å². The van der Waals surface area contributed by atoms with Crippen molar-refractivity contribution in [2.45, 2.75) is 30.6 Å².